The monoisotopic (exact) mass is 389 g/mol. The number of anilines is 1. The molecule has 0 bridgehead atoms. The summed E-state index contributed by atoms with van der Waals surface area (Å²) in [6, 6.07) is 11.5. The highest BCUT2D eigenvalue weighted by Gasteiger charge is 2.10. The molecular formula is C21H27NO4S. The average molecular weight is 390 g/mol. The van der Waals surface area contributed by atoms with Crippen LogP contribution in [0.5, 0.6) is 17.2 Å². The van der Waals surface area contributed by atoms with Gasteiger partial charge in [0, 0.05) is 23.1 Å². The van der Waals surface area contributed by atoms with Gasteiger partial charge < -0.3 is 19.5 Å². The van der Waals surface area contributed by atoms with E-state index in [-0.39, 0.29) is 5.91 Å². The van der Waals surface area contributed by atoms with E-state index in [4.69, 9.17) is 14.2 Å². The molecular weight excluding hydrogens is 362 g/mol. The van der Waals surface area contributed by atoms with Crippen LogP contribution in [0.15, 0.2) is 36.4 Å². The number of nitrogens with one attached hydrogen (secondary N) is 1. The van der Waals surface area contributed by atoms with Crippen molar-refractivity contribution in [2.24, 2.45) is 0 Å². The van der Waals surface area contributed by atoms with E-state index < -0.39 is 0 Å². The fraction of sp³-hybridized carbons (Fsp3) is 0.381. The summed E-state index contributed by atoms with van der Waals surface area (Å²) in [5.74, 6) is 3.17. The molecule has 2 rings (SSSR count). The zero-order valence-electron chi connectivity index (χ0n) is 16.3. The Hall–Kier alpha value is -2.34. The molecule has 2 aromatic carbocycles. The largest absolute Gasteiger partial charge is 0.496 e. The maximum Gasteiger partial charge on any atom is 0.234 e. The maximum atomic E-state index is 12.3. The van der Waals surface area contributed by atoms with Crippen LogP contribution in [0.2, 0.25) is 0 Å². The summed E-state index contributed by atoms with van der Waals surface area (Å²) < 4.78 is 16.5. The van der Waals surface area contributed by atoms with Gasteiger partial charge in [0.15, 0.2) is 11.5 Å². The molecule has 0 unspecified atom stereocenters. The number of ether oxygens (including phenoxy) is 3. The highest BCUT2D eigenvalue weighted by atomic mass is 32.2. The van der Waals surface area contributed by atoms with Gasteiger partial charge in [0.25, 0.3) is 0 Å². The molecule has 27 heavy (non-hydrogen) atoms. The number of amides is 1. The van der Waals surface area contributed by atoms with E-state index in [1.54, 1.807) is 24.9 Å². The van der Waals surface area contributed by atoms with E-state index in [1.165, 1.54) is 5.56 Å². The number of carbonyl (C=O) groups excluding carboxylic acids is 1. The number of benzene rings is 2. The first-order chi connectivity index (χ1) is 13.1. The normalized spacial score (nSPS) is 10.4. The van der Waals surface area contributed by atoms with E-state index in [1.807, 2.05) is 45.0 Å². The molecule has 0 aliphatic heterocycles. The van der Waals surface area contributed by atoms with E-state index in [0.717, 1.165) is 11.3 Å². The fourth-order valence-electron chi connectivity index (χ4n) is 2.60. The molecule has 1 amide bonds. The van der Waals surface area contributed by atoms with Gasteiger partial charge in [-0.05, 0) is 39.0 Å². The van der Waals surface area contributed by atoms with E-state index in [9.17, 15) is 4.79 Å². The summed E-state index contributed by atoms with van der Waals surface area (Å²) in [4.78, 5) is 12.3. The number of methoxy groups -OCH3 is 1. The minimum absolute atomic E-state index is 0.0572. The first kappa shape index (κ1) is 21.0. The molecule has 0 aromatic heterocycles. The van der Waals surface area contributed by atoms with Gasteiger partial charge in [0.05, 0.1) is 26.1 Å². The molecule has 0 saturated carbocycles. The van der Waals surface area contributed by atoms with Crippen molar-refractivity contribution in [2.45, 2.75) is 26.5 Å². The number of hydrogen-bond acceptors (Lipinski definition) is 5. The minimum atomic E-state index is -0.0572. The lowest BCUT2D eigenvalue weighted by atomic mass is 10.1. The Morgan fingerprint density at radius 2 is 1.70 bits per heavy atom. The van der Waals surface area contributed by atoms with Crippen LogP contribution < -0.4 is 19.5 Å². The molecule has 0 fully saturated rings. The molecule has 1 N–H and O–H groups in total. The Kier molecular flexibility index (Phi) is 8.33. The number of carbonyl (C=O) groups is 1. The topological polar surface area (TPSA) is 56.8 Å². The molecule has 5 nitrogen and oxygen atoms in total. The van der Waals surface area contributed by atoms with Crippen molar-refractivity contribution >= 4 is 23.4 Å². The van der Waals surface area contributed by atoms with Gasteiger partial charge in [0.1, 0.15) is 5.75 Å². The van der Waals surface area contributed by atoms with Gasteiger partial charge in [0.2, 0.25) is 5.91 Å². The summed E-state index contributed by atoms with van der Waals surface area (Å²) in [7, 11) is 1.66. The summed E-state index contributed by atoms with van der Waals surface area (Å²) in [5.41, 5.74) is 2.96. The van der Waals surface area contributed by atoms with E-state index in [0.29, 0.717) is 41.9 Å². The van der Waals surface area contributed by atoms with Gasteiger partial charge >= 0.3 is 0 Å². The number of thioether (sulfide) groups is 1. The van der Waals surface area contributed by atoms with Crippen molar-refractivity contribution < 1.29 is 19.0 Å². The second-order valence-electron chi connectivity index (χ2n) is 5.88. The van der Waals surface area contributed by atoms with Crippen molar-refractivity contribution in [1.82, 2.24) is 0 Å². The van der Waals surface area contributed by atoms with Gasteiger partial charge in [-0.1, -0.05) is 17.7 Å². The van der Waals surface area contributed by atoms with E-state index in [2.05, 4.69) is 11.4 Å². The van der Waals surface area contributed by atoms with Gasteiger partial charge in [-0.25, -0.2) is 0 Å². The second kappa shape index (κ2) is 10.7. The molecule has 146 valence electrons. The number of aryl methyl sites for hydroxylation is 1. The van der Waals surface area contributed by atoms with Crippen molar-refractivity contribution in [1.29, 1.82) is 0 Å². The highest BCUT2D eigenvalue weighted by molar-refractivity contribution is 7.99. The molecule has 0 spiro atoms. The Morgan fingerprint density at radius 1 is 1.00 bits per heavy atom. The predicted molar refractivity (Wildman–Crippen MR) is 111 cm³/mol. The number of rotatable bonds is 10. The molecule has 2 aromatic rings. The third kappa shape index (κ3) is 6.40. The Labute approximate surface area is 165 Å². The third-order valence-corrected chi connectivity index (χ3v) is 4.74. The van der Waals surface area contributed by atoms with Gasteiger partial charge in [-0.3, -0.25) is 4.79 Å². The Morgan fingerprint density at radius 3 is 2.41 bits per heavy atom. The average Bonchev–Trinajstić information content (AvgIpc) is 2.64. The van der Waals surface area contributed by atoms with Gasteiger partial charge in [-0.2, -0.15) is 0 Å². The first-order valence-electron chi connectivity index (χ1n) is 8.98. The van der Waals surface area contributed by atoms with E-state index >= 15 is 0 Å². The predicted octanol–water partition coefficient (Wildman–Crippen LogP) is 4.67. The van der Waals surface area contributed by atoms with Crippen LogP contribution in [-0.2, 0) is 10.5 Å². The first-order valence-corrected chi connectivity index (χ1v) is 10.1. The van der Waals surface area contributed by atoms with Crippen LogP contribution in [0.4, 0.5) is 5.69 Å². The van der Waals surface area contributed by atoms with Crippen LogP contribution in [0.1, 0.15) is 25.0 Å². The van der Waals surface area contributed by atoms with Crippen molar-refractivity contribution in [2.75, 3.05) is 31.4 Å². The molecule has 0 heterocycles. The highest BCUT2D eigenvalue weighted by Crippen LogP contribution is 2.31. The van der Waals surface area contributed by atoms with Gasteiger partial charge in [-0.15, -0.1) is 11.8 Å². The molecule has 0 saturated heterocycles. The zero-order chi connectivity index (χ0) is 19.6. The lowest BCUT2D eigenvalue weighted by Gasteiger charge is -2.13. The van der Waals surface area contributed by atoms with Crippen molar-refractivity contribution in [3.05, 3.63) is 47.5 Å². The smallest absolute Gasteiger partial charge is 0.234 e. The minimum Gasteiger partial charge on any atom is -0.496 e. The van der Waals surface area contributed by atoms with Crippen LogP contribution >= 0.6 is 11.8 Å². The maximum absolute atomic E-state index is 12.3. The Balaban J connectivity index is 1.92. The van der Waals surface area contributed by atoms with Crippen LogP contribution in [-0.4, -0.2) is 32.0 Å². The summed E-state index contributed by atoms with van der Waals surface area (Å²) in [6.45, 7) is 6.97. The standard InChI is InChI=1S/C21H27NO4S/c1-5-25-19-10-8-17(12-20(19)26-6-2)22-21(23)14-27-13-16-11-15(3)7-9-18(16)24-4/h7-12H,5-6,13-14H2,1-4H3,(H,22,23). The number of hydrogen-bond donors (Lipinski definition) is 1. The molecule has 6 heteroatoms. The third-order valence-electron chi connectivity index (χ3n) is 3.75. The molecule has 0 aliphatic rings. The summed E-state index contributed by atoms with van der Waals surface area (Å²) >= 11 is 1.55. The SMILES string of the molecule is CCOc1ccc(NC(=O)CSCc2cc(C)ccc2OC)cc1OCC. The van der Waals surface area contributed by atoms with Crippen molar-refractivity contribution in [3.8, 4) is 17.2 Å². The van der Waals surface area contributed by atoms with Crippen LogP contribution in [0.3, 0.4) is 0 Å². The molecule has 0 aliphatic carbocycles. The van der Waals surface area contributed by atoms with Crippen LogP contribution in [0.25, 0.3) is 0 Å². The second-order valence-corrected chi connectivity index (χ2v) is 6.87. The summed E-state index contributed by atoms with van der Waals surface area (Å²) in [5, 5.41) is 2.91. The zero-order valence-corrected chi connectivity index (χ0v) is 17.2. The summed E-state index contributed by atoms with van der Waals surface area (Å²) in [6.07, 6.45) is 0. The lowest BCUT2D eigenvalue weighted by Crippen LogP contribution is -2.14. The molecule has 0 atom stereocenters. The fourth-order valence-corrected chi connectivity index (χ4v) is 3.40. The van der Waals surface area contributed by atoms with Crippen molar-refractivity contribution in [3.63, 3.8) is 0 Å². The lowest BCUT2D eigenvalue weighted by molar-refractivity contribution is -0.113. The van der Waals surface area contributed by atoms with Crippen LogP contribution in [0, 0.1) is 6.92 Å². The molecule has 0 radical (unpaired) electrons. The quantitative estimate of drug-likeness (QED) is 0.640. The Bertz CT molecular complexity index is 764.